The number of rotatable bonds is 8. The molecule has 0 radical (unpaired) electrons. The lowest BCUT2D eigenvalue weighted by Gasteiger charge is -2.31. The van der Waals surface area contributed by atoms with Crippen molar-refractivity contribution in [3.8, 4) is 5.75 Å². The molecule has 6 heteroatoms. The van der Waals surface area contributed by atoms with E-state index in [-0.39, 0.29) is 11.8 Å². The van der Waals surface area contributed by atoms with Gasteiger partial charge in [0.15, 0.2) is 0 Å². The van der Waals surface area contributed by atoms with Crippen LogP contribution in [-0.4, -0.2) is 28.9 Å². The lowest BCUT2D eigenvalue weighted by atomic mass is 9.95. The summed E-state index contributed by atoms with van der Waals surface area (Å²) >= 11 is 6.26. The third-order valence-electron chi connectivity index (χ3n) is 5.80. The molecular weight excluding hydrogens is 422 g/mol. The van der Waals surface area contributed by atoms with E-state index >= 15 is 0 Å². The maximum atomic E-state index is 12.6. The summed E-state index contributed by atoms with van der Waals surface area (Å²) in [6, 6.07) is 19.7. The van der Waals surface area contributed by atoms with E-state index in [2.05, 4.69) is 15.2 Å². The van der Waals surface area contributed by atoms with E-state index in [0.29, 0.717) is 18.2 Å². The minimum Gasteiger partial charge on any atom is -0.489 e. The number of nitrogens with zero attached hydrogens (tertiary/aromatic N) is 2. The molecule has 0 spiro atoms. The van der Waals surface area contributed by atoms with Crippen molar-refractivity contribution >= 4 is 17.5 Å². The highest BCUT2D eigenvalue weighted by Gasteiger charge is 2.25. The van der Waals surface area contributed by atoms with Crippen molar-refractivity contribution in [2.45, 2.75) is 32.5 Å². The van der Waals surface area contributed by atoms with E-state index < -0.39 is 0 Å². The molecule has 0 bridgehead atoms. The summed E-state index contributed by atoms with van der Waals surface area (Å²) in [4.78, 5) is 19.1. The number of amides is 1. The zero-order valence-electron chi connectivity index (χ0n) is 18.0. The van der Waals surface area contributed by atoms with Crippen LogP contribution in [0.3, 0.4) is 0 Å². The van der Waals surface area contributed by atoms with Gasteiger partial charge in [0.25, 0.3) is 0 Å². The van der Waals surface area contributed by atoms with Crippen LogP contribution in [0.25, 0.3) is 0 Å². The number of aromatic nitrogens is 1. The van der Waals surface area contributed by atoms with Gasteiger partial charge in [-0.25, -0.2) is 0 Å². The predicted molar refractivity (Wildman–Crippen MR) is 126 cm³/mol. The number of hydrogen-bond donors (Lipinski definition) is 1. The molecule has 1 aliphatic rings. The van der Waals surface area contributed by atoms with Gasteiger partial charge in [-0.15, -0.1) is 0 Å². The highest BCUT2D eigenvalue weighted by atomic mass is 35.5. The van der Waals surface area contributed by atoms with E-state index in [0.717, 1.165) is 54.9 Å². The molecule has 1 amide bonds. The van der Waals surface area contributed by atoms with Crippen LogP contribution < -0.4 is 10.1 Å². The van der Waals surface area contributed by atoms with Crippen LogP contribution in [0.1, 0.15) is 29.5 Å². The maximum Gasteiger partial charge on any atom is 0.223 e. The highest BCUT2D eigenvalue weighted by Crippen LogP contribution is 2.27. The SMILES string of the molecule is O=C(NCc1ccccc1)C1CCN(Cc2cc(Cl)ccc2OCc2cccnc2)CC1. The smallest absolute Gasteiger partial charge is 0.223 e. The average molecular weight is 450 g/mol. The first-order valence-electron chi connectivity index (χ1n) is 11.0. The van der Waals surface area contributed by atoms with Gasteiger partial charge in [-0.05, 0) is 55.8 Å². The topological polar surface area (TPSA) is 54.5 Å². The molecule has 1 saturated heterocycles. The average Bonchev–Trinajstić information content (AvgIpc) is 2.84. The van der Waals surface area contributed by atoms with Crippen LogP contribution in [0.4, 0.5) is 0 Å². The Hall–Kier alpha value is -2.89. The second-order valence-electron chi connectivity index (χ2n) is 8.16. The number of hydrogen-bond acceptors (Lipinski definition) is 4. The zero-order chi connectivity index (χ0) is 22.2. The third-order valence-corrected chi connectivity index (χ3v) is 6.04. The highest BCUT2D eigenvalue weighted by molar-refractivity contribution is 6.30. The predicted octanol–water partition coefficient (Wildman–Crippen LogP) is 4.84. The lowest BCUT2D eigenvalue weighted by molar-refractivity contribution is -0.126. The second-order valence-corrected chi connectivity index (χ2v) is 8.59. The van der Waals surface area contributed by atoms with Gasteiger partial charge >= 0.3 is 0 Å². The fourth-order valence-electron chi connectivity index (χ4n) is 3.98. The largest absolute Gasteiger partial charge is 0.489 e. The molecule has 0 aliphatic carbocycles. The molecule has 1 fully saturated rings. The number of ether oxygens (including phenoxy) is 1. The Balaban J connectivity index is 1.29. The maximum absolute atomic E-state index is 12.6. The van der Waals surface area contributed by atoms with Gasteiger partial charge in [-0.3, -0.25) is 14.7 Å². The second kappa shape index (κ2) is 11.1. The fourth-order valence-corrected chi connectivity index (χ4v) is 4.18. The molecule has 2 aromatic carbocycles. The lowest BCUT2D eigenvalue weighted by Crippen LogP contribution is -2.40. The van der Waals surface area contributed by atoms with E-state index in [9.17, 15) is 4.79 Å². The van der Waals surface area contributed by atoms with Crippen molar-refractivity contribution in [1.29, 1.82) is 0 Å². The molecule has 1 N–H and O–H groups in total. The number of carbonyl (C=O) groups is 1. The van der Waals surface area contributed by atoms with Crippen LogP contribution >= 0.6 is 11.6 Å². The molecule has 1 aromatic heterocycles. The Labute approximate surface area is 194 Å². The molecule has 3 aromatic rings. The number of halogens is 1. The molecule has 5 nitrogen and oxygen atoms in total. The van der Waals surface area contributed by atoms with Crippen LogP contribution in [0, 0.1) is 5.92 Å². The first-order valence-corrected chi connectivity index (χ1v) is 11.4. The summed E-state index contributed by atoms with van der Waals surface area (Å²) in [5.74, 6) is 1.05. The number of nitrogens with one attached hydrogen (secondary N) is 1. The van der Waals surface area contributed by atoms with E-state index in [1.165, 1.54) is 0 Å². The summed E-state index contributed by atoms with van der Waals surface area (Å²) in [5, 5.41) is 3.78. The Morgan fingerprint density at radius 2 is 1.84 bits per heavy atom. The van der Waals surface area contributed by atoms with Gasteiger partial charge in [0, 0.05) is 47.6 Å². The summed E-state index contributed by atoms with van der Waals surface area (Å²) in [6.07, 6.45) is 5.27. The van der Waals surface area contributed by atoms with E-state index in [1.54, 1.807) is 6.20 Å². The Morgan fingerprint density at radius 1 is 1.06 bits per heavy atom. The molecule has 1 aliphatic heterocycles. The van der Waals surface area contributed by atoms with Crippen molar-refractivity contribution in [2.24, 2.45) is 5.92 Å². The first-order chi connectivity index (χ1) is 15.7. The number of pyridine rings is 1. The monoisotopic (exact) mass is 449 g/mol. The quantitative estimate of drug-likeness (QED) is 0.534. The van der Waals surface area contributed by atoms with Gasteiger partial charge in [-0.1, -0.05) is 48.0 Å². The van der Waals surface area contributed by atoms with Gasteiger partial charge in [0.05, 0.1) is 0 Å². The van der Waals surface area contributed by atoms with Gasteiger partial charge < -0.3 is 10.1 Å². The number of piperidine rings is 1. The Bertz CT molecular complexity index is 1010. The van der Waals surface area contributed by atoms with Crippen LogP contribution in [-0.2, 0) is 24.5 Å². The van der Waals surface area contributed by atoms with Gasteiger partial charge in [-0.2, -0.15) is 0 Å². The number of benzene rings is 2. The normalized spacial score (nSPS) is 14.8. The third kappa shape index (κ3) is 6.31. The van der Waals surface area contributed by atoms with Crippen LogP contribution in [0.15, 0.2) is 73.1 Å². The molecule has 166 valence electrons. The zero-order valence-corrected chi connectivity index (χ0v) is 18.8. The molecule has 0 saturated carbocycles. The summed E-state index contributed by atoms with van der Waals surface area (Å²) in [7, 11) is 0. The van der Waals surface area contributed by atoms with Crippen molar-refractivity contribution < 1.29 is 9.53 Å². The van der Waals surface area contributed by atoms with Crippen LogP contribution in [0.2, 0.25) is 5.02 Å². The van der Waals surface area contributed by atoms with Crippen molar-refractivity contribution in [3.05, 3.63) is 94.8 Å². The number of likely N-dealkylation sites (tertiary alicyclic amines) is 1. The molecule has 0 atom stereocenters. The standard InChI is InChI=1S/C26H28ClN3O2/c27-24-8-9-25(32-19-21-7-4-12-28-16-21)23(15-24)18-30-13-10-22(11-14-30)26(31)29-17-20-5-2-1-3-6-20/h1-9,12,15-16,22H,10-11,13-14,17-19H2,(H,29,31). The summed E-state index contributed by atoms with van der Waals surface area (Å²) in [6.45, 7) is 3.55. The van der Waals surface area contributed by atoms with Gasteiger partial charge in [0.1, 0.15) is 12.4 Å². The van der Waals surface area contributed by atoms with E-state index in [1.807, 2.05) is 66.9 Å². The van der Waals surface area contributed by atoms with Crippen LogP contribution in [0.5, 0.6) is 5.75 Å². The van der Waals surface area contributed by atoms with E-state index in [4.69, 9.17) is 16.3 Å². The number of carbonyl (C=O) groups excluding carboxylic acids is 1. The first kappa shape index (κ1) is 22.3. The molecule has 32 heavy (non-hydrogen) atoms. The minimum atomic E-state index is 0.0654. The summed E-state index contributed by atoms with van der Waals surface area (Å²) in [5.41, 5.74) is 3.21. The molecule has 2 heterocycles. The molecule has 4 rings (SSSR count). The Kier molecular flexibility index (Phi) is 7.75. The van der Waals surface area contributed by atoms with Gasteiger partial charge in [0.2, 0.25) is 5.91 Å². The van der Waals surface area contributed by atoms with Crippen molar-refractivity contribution in [3.63, 3.8) is 0 Å². The van der Waals surface area contributed by atoms with Crippen molar-refractivity contribution in [2.75, 3.05) is 13.1 Å². The Morgan fingerprint density at radius 3 is 2.59 bits per heavy atom. The fraction of sp³-hybridized carbons (Fsp3) is 0.308. The summed E-state index contributed by atoms with van der Waals surface area (Å²) < 4.78 is 6.06. The minimum absolute atomic E-state index is 0.0654. The van der Waals surface area contributed by atoms with Crippen molar-refractivity contribution in [1.82, 2.24) is 15.2 Å². The molecule has 0 unspecified atom stereocenters. The molecular formula is C26H28ClN3O2.